The van der Waals surface area contributed by atoms with Gasteiger partial charge in [-0.05, 0) is 20.8 Å². The van der Waals surface area contributed by atoms with Gasteiger partial charge in [0.15, 0.2) is 5.72 Å². The van der Waals surface area contributed by atoms with Gasteiger partial charge in [-0.15, -0.1) is 0 Å². The number of rotatable bonds is 3. The molecule has 2 N–H and O–H groups in total. The Morgan fingerprint density at radius 3 is 1.93 bits per heavy atom. The van der Waals surface area contributed by atoms with Crippen LogP contribution in [0.2, 0.25) is 0 Å². The van der Waals surface area contributed by atoms with Crippen LogP contribution in [-0.2, 0) is 4.74 Å². The van der Waals surface area contributed by atoms with Gasteiger partial charge in [0.05, 0.1) is 5.54 Å². The quantitative estimate of drug-likeness (QED) is 0.686. The number of methoxy groups -OCH3 is 1. The summed E-state index contributed by atoms with van der Waals surface area (Å²) >= 11 is 0. The normalized spacial score (nSPS) is 30.1. The maximum absolute atomic E-state index is 11.8. The van der Waals surface area contributed by atoms with Gasteiger partial charge in [-0.2, -0.15) is 0 Å². The molecule has 0 aliphatic carbocycles. The third-order valence-electron chi connectivity index (χ3n) is 3.47. The largest absolute Gasteiger partial charge is 0.376 e. The summed E-state index contributed by atoms with van der Waals surface area (Å²) in [6.07, 6.45) is 0. The van der Waals surface area contributed by atoms with Crippen molar-refractivity contribution in [3.63, 3.8) is 0 Å². The molecule has 0 bridgehead atoms. The van der Waals surface area contributed by atoms with Crippen molar-refractivity contribution in [2.45, 2.75) is 32.0 Å². The maximum atomic E-state index is 11.8. The second kappa shape index (κ2) is 3.62. The van der Waals surface area contributed by atoms with Crippen molar-refractivity contribution < 1.29 is 19.7 Å². The number of hydrogen-bond donors (Lipinski definition) is 2. The first-order chi connectivity index (χ1) is 6.86. The second-order valence-corrected chi connectivity index (χ2v) is 4.17. The van der Waals surface area contributed by atoms with Crippen LogP contribution in [0.25, 0.3) is 0 Å². The van der Waals surface area contributed by atoms with Gasteiger partial charge in [0.25, 0.3) is 0 Å². The van der Waals surface area contributed by atoms with E-state index in [-0.39, 0.29) is 0 Å². The minimum atomic E-state index is -0.957. The van der Waals surface area contributed by atoms with Crippen LogP contribution in [0, 0.1) is 0 Å². The first-order valence-corrected chi connectivity index (χ1v) is 4.73. The second-order valence-electron chi connectivity index (χ2n) is 4.17. The molecule has 1 aliphatic rings. The van der Waals surface area contributed by atoms with E-state index in [9.17, 15) is 4.79 Å². The van der Waals surface area contributed by atoms with Crippen LogP contribution in [0.15, 0.2) is 0 Å². The number of aliphatic hydroxyl groups is 2. The average molecular weight is 218 g/mol. The van der Waals surface area contributed by atoms with E-state index in [4.69, 9.17) is 14.9 Å². The smallest absolute Gasteiger partial charge is 0.326 e. The van der Waals surface area contributed by atoms with Gasteiger partial charge >= 0.3 is 6.03 Å². The first kappa shape index (κ1) is 12.2. The summed E-state index contributed by atoms with van der Waals surface area (Å²) in [7, 11) is 1.47. The predicted molar refractivity (Wildman–Crippen MR) is 52.7 cm³/mol. The lowest BCUT2D eigenvalue weighted by atomic mass is 9.92. The maximum Gasteiger partial charge on any atom is 0.326 e. The number of aliphatic hydroxyl groups excluding tert-OH is 2. The Balaban J connectivity index is 3.20. The summed E-state index contributed by atoms with van der Waals surface area (Å²) in [4.78, 5) is 14.2. The summed E-state index contributed by atoms with van der Waals surface area (Å²) in [5.74, 6) is 0. The highest BCUT2D eigenvalue weighted by Gasteiger charge is 2.60. The van der Waals surface area contributed by atoms with E-state index in [1.165, 1.54) is 16.9 Å². The SMILES string of the molecule is COC1(C)N(CO)C(=O)N(CO)C1(C)C. The number of carbonyl (C=O) groups excluding carboxylic acids is 1. The summed E-state index contributed by atoms with van der Waals surface area (Å²) in [6.45, 7) is 4.42. The van der Waals surface area contributed by atoms with Crippen molar-refractivity contribution in [1.29, 1.82) is 0 Å². The zero-order valence-electron chi connectivity index (χ0n) is 9.52. The fraction of sp³-hybridized carbons (Fsp3) is 0.889. The lowest BCUT2D eigenvalue weighted by Crippen LogP contribution is -2.57. The zero-order valence-corrected chi connectivity index (χ0v) is 9.52. The summed E-state index contributed by atoms with van der Waals surface area (Å²) in [5.41, 5.74) is -1.67. The van der Waals surface area contributed by atoms with Crippen LogP contribution in [0.4, 0.5) is 4.79 Å². The lowest BCUT2D eigenvalue weighted by Gasteiger charge is -2.41. The van der Waals surface area contributed by atoms with Crippen LogP contribution in [0.5, 0.6) is 0 Å². The van der Waals surface area contributed by atoms with Crippen LogP contribution in [0.3, 0.4) is 0 Å². The molecule has 0 aromatic rings. The standard InChI is InChI=1S/C9H18N2O4/c1-8(2)9(3,15-4)11(6-13)7(14)10(8)5-12/h12-13H,5-6H2,1-4H3. The van der Waals surface area contributed by atoms with Gasteiger partial charge in [0.2, 0.25) is 0 Å². The van der Waals surface area contributed by atoms with Crippen molar-refractivity contribution in [2.75, 3.05) is 20.6 Å². The van der Waals surface area contributed by atoms with Crippen LogP contribution in [0.1, 0.15) is 20.8 Å². The molecule has 0 saturated carbocycles. The Morgan fingerprint density at radius 2 is 1.67 bits per heavy atom. The zero-order chi connectivity index (χ0) is 11.9. The molecule has 1 heterocycles. The van der Waals surface area contributed by atoms with Crippen molar-refractivity contribution in [1.82, 2.24) is 9.80 Å². The van der Waals surface area contributed by atoms with Crippen molar-refractivity contribution in [3.8, 4) is 0 Å². The van der Waals surface area contributed by atoms with Gasteiger partial charge in [-0.25, -0.2) is 4.79 Å². The fourth-order valence-corrected chi connectivity index (χ4v) is 1.94. The monoisotopic (exact) mass is 218 g/mol. The summed E-state index contributed by atoms with van der Waals surface area (Å²) < 4.78 is 5.31. The Kier molecular flexibility index (Phi) is 2.95. The molecule has 1 atom stereocenters. The molecular weight excluding hydrogens is 200 g/mol. The molecule has 0 aromatic heterocycles. The van der Waals surface area contributed by atoms with E-state index in [1.54, 1.807) is 20.8 Å². The predicted octanol–water partition coefficient (Wildman–Crippen LogP) is -0.235. The number of nitrogens with zero attached hydrogens (tertiary/aromatic N) is 2. The summed E-state index contributed by atoms with van der Waals surface area (Å²) in [5, 5.41) is 18.3. The number of amides is 2. The molecule has 1 aliphatic heterocycles. The van der Waals surface area contributed by atoms with Gasteiger partial charge in [-0.1, -0.05) is 0 Å². The average Bonchev–Trinajstić information content (AvgIpc) is 2.32. The molecule has 1 rings (SSSR count). The molecule has 1 unspecified atom stereocenters. The Hall–Kier alpha value is -0.850. The third-order valence-corrected chi connectivity index (χ3v) is 3.47. The highest BCUT2D eigenvalue weighted by molar-refractivity contribution is 5.79. The van der Waals surface area contributed by atoms with E-state index < -0.39 is 30.8 Å². The van der Waals surface area contributed by atoms with E-state index in [2.05, 4.69) is 0 Å². The minimum Gasteiger partial charge on any atom is -0.376 e. The van der Waals surface area contributed by atoms with E-state index in [0.717, 1.165) is 0 Å². The van der Waals surface area contributed by atoms with Crippen LogP contribution in [-0.4, -0.2) is 57.9 Å². The summed E-state index contributed by atoms with van der Waals surface area (Å²) in [6, 6.07) is -0.436. The Bertz CT molecular complexity index is 269. The molecule has 1 saturated heterocycles. The molecule has 2 amide bonds. The van der Waals surface area contributed by atoms with E-state index >= 15 is 0 Å². The number of hydrogen-bond acceptors (Lipinski definition) is 4. The number of carbonyl (C=O) groups is 1. The molecule has 88 valence electrons. The van der Waals surface area contributed by atoms with E-state index in [0.29, 0.717) is 0 Å². The van der Waals surface area contributed by atoms with Crippen LogP contribution < -0.4 is 0 Å². The van der Waals surface area contributed by atoms with Crippen molar-refractivity contribution in [2.24, 2.45) is 0 Å². The van der Waals surface area contributed by atoms with Crippen molar-refractivity contribution in [3.05, 3.63) is 0 Å². The molecular formula is C9H18N2O4. The highest BCUT2D eigenvalue weighted by atomic mass is 16.5. The molecule has 0 radical (unpaired) electrons. The molecule has 1 fully saturated rings. The van der Waals surface area contributed by atoms with Gasteiger partial charge in [0, 0.05) is 7.11 Å². The Labute approximate surface area is 89.0 Å². The Morgan fingerprint density at radius 1 is 1.20 bits per heavy atom. The topological polar surface area (TPSA) is 73.2 Å². The lowest BCUT2D eigenvalue weighted by molar-refractivity contribution is -0.153. The van der Waals surface area contributed by atoms with Gasteiger partial charge in [0.1, 0.15) is 13.5 Å². The minimum absolute atomic E-state index is 0.402. The first-order valence-electron chi connectivity index (χ1n) is 4.73. The molecule has 0 spiro atoms. The van der Waals surface area contributed by atoms with Crippen molar-refractivity contribution >= 4 is 6.03 Å². The fourth-order valence-electron chi connectivity index (χ4n) is 1.94. The molecule has 15 heavy (non-hydrogen) atoms. The van der Waals surface area contributed by atoms with Crippen LogP contribution >= 0.6 is 0 Å². The molecule has 6 heteroatoms. The van der Waals surface area contributed by atoms with Gasteiger partial charge < -0.3 is 14.9 Å². The molecule has 0 aromatic carbocycles. The van der Waals surface area contributed by atoms with Gasteiger partial charge in [-0.3, -0.25) is 9.80 Å². The molecule has 6 nitrogen and oxygen atoms in total. The number of urea groups is 1. The third kappa shape index (κ3) is 1.32. The number of ether oxygens (including phenoxy) is 1. The van der Waals surface area contributed by atoms with E-state index in [1.807, 2.05) is 0 Å². The highest BCUT2D eigenvalue weighted by Crippen LogP contribution is 2.40.